The normalized spacial score (nSPS) is 18.0. The molecule has 2 aromatic rings. The van der Waals surface area contributed by atoms with Gasteiger partial charge in [-0.3, -0.25) is 0 Å². The van der Waals surface area contributed by atoms with E-state index < -0.39 is 10.0 Å². The van der Waals surface area contributed by atoms with Crippen LogP contribution in [0.25, 0.3) is 0 Å². The van der Waals surface area contributed by atoms with Gasteiger partial charge in [0, 0.05) is 19.3 Å². The van der Waals surface area contributed by atoms with Crippen LogP contribution in [0.15, 0.2) is 41.6 Å². The maximum Gasteiger partial charge on any atom is 0.243 e. The van der Waals surface area contributed by atoms with E-state index in [2.05, 4.69) is 31.1 Å². The molecule has 1 aliphatic heterocycles. The molecular formula is C17H24N4O2S. The van der Waals surface area contributed by atoms with Crippen LogP contribution in [0.5, 0.6) is 0 Å². The molecule has 0 spiro atoms. The molecule has 24 heavy (non-hydrogen) atoms. The van der Waals surface area contributed by atoms with Crippen LogP contribution in [0.4, 0.5) is 0 Å². The lowest BCUT2D eigenvalue weighted by Crippen LogP contribution is -2.39. The first-order valence-electron chi connectivity index (χ1n) is 8.25. The predicted molar refractivity (Wildman–Crippen MR) is 92.2 cm³/mol. The van der Waals surface area contributed by atoms with Crippen molar-refractivity contribution in [2.75, 3.05) is 13.1 Å². The van der Waals surface area contributed by atoms with Crippen molar-refractivity contribution in [1.29, 1.82) is 0 Å². The van der Waals surface area contributed by atoms with Crippen molar-refractivity contribution >= 4 is 10.0 Å². The van der Waals surface area contributed by atoms with E-state index in [1.54, 1.807) is 22.6 Å². The molecule has 0 aliphatic carbocycles. The third-order valence-corrected chi connectivity index (χ3v) is 6.51. The van der Waals surface area contributed by atoms with Crippen LogP contribution in [-0.2, 0) is 15.4 Å². The molecule has 130 valence electrons. The van der Waals surface area contributed by atoms with Gasteiger partial charge in [-0.25, -0.2) is 13.1 Å². The zero-order valence-electron chi connectivity index (χ0n) is 14.4. The summed E-state index contributed by atoms with van der Waals surface area (Å²) in [4.78, 5) is 0.370. The Kier molecular flexibility index (Phi) is 4.48. The summed E-state index contributed by atoms with van der Waals surface area (Å²) < 4.78 is 29.1. The van der Waals surface area contributed by atoms with E-state index in [1.807, 2.05) is 23.0 Å². The molecule has 0 amide bonds. The quantitative estimate of drug-likeness (QED) is 0.855. The molecular weight excluding hydrogens is 324 g/mol. The Bertz CT molecular complexity index is 769. The molecule has 6 nitrogen and oxygen atoms in total. The minimum Gasteiger partial charge on any atom is -0.249 e. The number of hydrogen-bond donors (Lipinski definition) is 0. The average molecular weight is 348 g/mol. The van der Waals surface area contributed by atoms with Crippen LogP contribution in [0.3, 0.4) is 0 Å². The van der Waals surface area contributed by atoms with Crippen molar-refractivity contribution in [1.82, 2.24) is 19.3 Å². The zero-order valence-corrected chi connectivity index (χ0v) is 15.2. The number of benzene rings is 1. The van der Waals surface area contributed by atoms with Gasteiger partial charge >= 0.3 is 0 Å². The number of rotatable bonds is 3. The lowest BCUT2D eigenvalue weighted by Gasteiger charge is -2.31. The second-order valence-corrected chi connectivity index (χ2v) is 9.23. The SMILES string of the molecule is CC(C)(C)c1ccc(S(=O)(=O)N2CCC(n3ccnn3)CC2)cc1. The average Bonchev–Trinajstić information content (AvgIpc) is 3.09. The Balaban J connectivity index is 1.72. The van der Waals surface area contributed by atoms with E-state index in [4.69, 9.17) is 0 Å². The molecule has 1 aromatic carbocycles. The highest BCUT2D eigenvalue weighted by atomic mass is 32.2. The lowest BCUT2D eigenvalue weighted by atomic mass is 9.87. The number of sulfonamides is 1. The van der Waals surface area contributed by atoms with Gasteiger partial charge in [0.15, 0.2) is 0 Å². The first kappa shape index (κ1) is 17.1. The van der Waals surface area contributed by atoms with Gasteiger partial charge in [-0.15, -0.1) is 5.10 Å². The second-order valence-electron chi connectivity index (χ2n) is 7.29. The van der Waals surface area contributed by atoms with Crippen molar-refractivity contribution in [2.24, 2.45) is 0 Å². The largest absolute Gasteiger partial charge is 0.249 e. The molecule has 1 fully saturated rings. The van der Waals surface area contributed by atoms with Crippen molar-refractivity contribution in [3.63, 3.8) is 0 Å². The minimum absolute atomic E-state index is 0.0123. The molecule has 7 heteroatoms. The Morgan fingerprint density at radius 2 is 1.71 bits per heavy atom. The Morgan fingerprint density at radius 3 is 2.21 bits per heavy atom. The van der Waals surface area contributed by atoms with Crippen LogP contribution >= 0.6 is 0 Å². The highest BCUT2D eigenvalue weighted by Gasteiger charge is 2.30. The summed E-state index contributed by atoms with van der Waals surface area (Å²) in [7, 11) is -3.43. The number of aromatic nitrogens is 3. The molecule has 1 aliphatic rings. The van der Waals surface area contributed by atoms with E-state index in [0.717, 1.165) is 18.4 Å². The highest BCUT2D eigenvalue weighted by molar-refractivity contribution is 7.89. The van der Waals surface area contributed by atoms with E-state index in [0.29, 0.717) is 18.0 Å². The van der Waals surface area contributed by atoms with Crippen LogP contribution in [-0.4, -0.2) is 40.8 Å². The van der Waals surface area contributed by atoms with Gasteiger partial charge in [0.2, 0.25) is 10.0 Å². The molecule has 1 saturated heterocycles. The smallest absolute Gasteiger partial charge is 0.243 e. The maximum atomic E-state index is 12.8. The minimum atomic E-state index is -3.43. The van der Waals surface area contributed by atoms with Crippen LogP contribution in [0.2, 0.25) is 0 Å². The third-order valence-electron chi connectivity index (χ3n) is 4.60. The van der Waals surface area contributed by atoms with E-state index in [1.165, 1.54) is 0 Å². The predicted octanol–water partition coefficient (Wildman–Crippen LogP) is 2.60. The third kappa shape index (κ3) is 3.37. The summed E-state index contributed by atoms with van der Waals surface area (Å²) >= 11 is 0. The second kappa shape index (κ2) is 6.29. The zero-order chi connectivity index (χ0) is 17.4. The monoisotopic (exact) mass is 348 g/mol. The molecule has 0 atom stereocenters. The van der Waals surface area contributed by atoms with Gasteiger partial charge in [-0.1, -0.05) is 38.1 Å². The van der Waals surface area contributed by atoms with E-state index in [-0.39, 0.29) is 11.5 Å². The molecule has 0 saturated carbocycles. The first-order valence-corrected chi connectivity index (χ1v) is 9.69. The summed E-state index contributed by atoms with van der Waals surface area (Å²) in [6.45, 7) is 7.37. The fourth-order valence-electron chi connectivity index (χ4n) is 3.04. The van der Waals surface area contributed by atoms with E-state index in [9.17, 15) is 8.42 Å². The van der Waals surface area contributed by atoms with Crippen molar-refractivity contribution in [3.8, 4) is 0 Å². The molecule has 3 rings (SSSR count). The molecule has 1 aromatic heterocycles. The standard InChI is InChI=1S/C17H24N4O2S/c1-17(2,3)14-4-6-16(7-5-14)24(22,23)20-11-8-15(9-12-20)21-13-10-18-19-21/h4-7,10,13,15H,8-9,11-12H2,1-3H3. The lowest BCUT2D eigenvalue weighted by molar-refractivity contribution is 0.258. The first-order chi connectivity index (χ1) is 11.3. The highest BCUT2D eigenvalue weighted by Crippen LogP contribution is 2.28. The summed E-state index contributed by atoms with van der Waals surface area (Å²) in [5.74, 6) is 0. The maximum absolute atomic E-state index is 12.8. The van der Waals surface area contributed by atoms with Crippen molar-refractivity contribution < 1.29 is 8.42 Å². The number of piperidine rings is 1. The van der Waals surface area contributed by atoms with Gasteiger partial charge in [0.25, 0.3) is 0 Å². The van der Waals surface area contributed by atoms with Crippen LogP contribution < -0.4 is 0 Å². The van der Waals surface area contributed by atoms with Gasteiger partial charge in [-0.05, 0) is 36.0 Å². The molecule has 0 radical (unpaired) electrons. The summed E-state index contributed by atoms with van der Waals surface area (Å²) in [5, 5.41) is 7.84. The van der Waals surface area contributed by atoms with E-state index >= 15 is 0 Å². The number of hydrogen-bond acceptors (Lipinski definition) is 4. The van der Waals surface area contributed by atoms with Crippen LogP contribution in [0.1, 0.15) is 45.2 Å². The van der Waals surface area contributed by atoms with Gasteiger partial charge < -0.3 is 0 Å². The van der Waals surface area contributed by atoms with Gasteiger partial charge in [0.05, 0.1) is 17.1 Å². The van der Waals surface area contributed by atoms with Crippen LogP contribution in [0, 0.1) is 0 Å². The molecule has 2 heterocycles. The Morgan fingerprint density at radius 1 is 1.08 bits per heavy atom. The summed E-state index contributed by atoms with van der Waals surface area (Å²) in [6.07, 6.45) is 4.99. The topological polar surface area (TPSA) is 68.1 Å². The number of nitrogens with zero attached hydrogens (tertiary/aromatic N) is 4. The Labute approximate surface area is 143 Å². The molecule has 0 unspecified atom stereocenters. The summed E-state index contributed by atoms with van der Waals surface area (Å²) in [5.41, 5.74) is 1.14. The summed E-state index contributed by atoms with van der Waals surface area (Å²) in [6, 6.07) is 7.49. The van der Waals surface area contributed by atoms with Gasteiger partial charge in [-0.2, -0.15) is 4.31 Å². The fourth-order valence-corrected chi connectivity index (χ4v) is 4.50. The Hall–Kier alpha value is -1.73. The fraction of sp³-hybridized carbons (Fsp3) is 0.529. The molecule has 0 bridgehead atoms. The molecule has 0 N–H and O–H groups in total. The van der Waals surface area contributed by atoms with Gasteiger partial charge in [0.1, 0.15) is 0 Å². The van der Waals surface area contributed by atoms with Crippen molar-refractivity contribution in [2.45, 2.75) is 50.0 Å². The van der Waals surface area contributed by atoms with Crippen molar-refractivity contribution in [3.05, 3.63) is 42.2 Å².